The quantitative estimate of drug-likeness (QED) is 0.717. The lowest BCUT2D eigenvalue weighted by Gasteiger charge is -2.23. The molecule has 0 saturated heterocycles. The first-order chi connectivity index (χ1) is 8.92. The van der Waals surface area contributed by atoms with Crippen molar-refractivity contribution in [1.82, 2.24) is 4.90 Å². The van der Waals surface area contributed by atoms with Gasteiger partial charge in [0.1, 0.15) is 11.8 Å². The summed E-state index contributed by atoms with van der Waals surface area (Å²) in [6.07, 6.45) is 0. The number of benzene rings is 1. The molecule has 0 fully saturated rings. The molecule has 0 aliphatic carbocycles. The Kier molecular flexibility index (Phi) is 6.29. The number of carbonyl (C=O) groups is 1. The Hall–Kier alpha value is -0.590. The van der Waals surface area contributed by atoms with Crippen LogP contribution in [0, 0.1) is 0 Å². The minimum Gasteiger partial charge on any atom is -0.494 e. The molecule has 1 atom stereocenters. The van der Waals surface area contributed by atoms with Crippen LogP contribution in [0.15, 0.2) is 21.1 Å². The minimum atomic E-state index is -0.446. The van der Waals surface area contributed by atoms with E-state index in [9.17, 15) is 4.79 Å². The van der Waals surface area contributed by atoms with Crippen molar-refractivity contribution in [3.63, 3.8) is 0 Å². The fourth-order valence-electron chi connectivity index (χ4n) is 1.80. The number of rotatable bonds is 5. The molecule has 0 spiro atoms. The number of hydrogen-bond acceptors (Lipinski definition) is 4. The van der Waals surface area contributed by atoms with E-state index in [0.29, 0.717) is 12.4 Å². The fraction of sp³-hybridized carbons (Fsp3) is 0.462. The summed E-state index contributed by atoms with van der Waals surface area (Å²) < 4.78 is 11.9. The standard InChI is InChI=1S/C13H17Br2NO3/c1-5-19-13(17)11(16(2)3)8-6-9(14)12(18-4)10(15)7-8/h6-7,11H,5H2,1-4H3. The van der Waals surface area contributed by atoms with E-state index in [4.69, 9.17) is 9.47 Å². The van der Waals surface area contributed by atoms with Crippen LogP contribution < -0.4 is 4.74 Å². The molecule has 0 amide bonds. The number of nitrogens with zero attached hydrogens (tertiary/aromatic N) is 1. The van der Waals surface area contributed by atoms with E-state index < -0.39 is 6.04 Å². The second-order valence-electron chi connectivity index (χ2n) is 4.14. The number of carbonyl (C=O) groups excluding carboxylic acids is 1. The summed E-state index contributed by atoms with van der Waals surface area (Å²) in [5.41, 5.74) is 0.836. The third-order valence-corrected chi connectivity index (χ3v) is 3.74. The van der Waals surface area contributed by atoms with Gasteiger partial charge in [-0.05, 0) is 70.6 Å². The van der Waals surface area contributed by atoms with Gasteiger partial charge in [-0.3, -0.25) is 4.90 Å². The number of ether oxygens (including phenoxy) is 2. The Morgan fingerprint density at radius 1 is 1.32 bits per heavy atom. The highest BCUT2D eigenvalue weighted by atomic mass is 79.9. The summed E-state index contributed by atoms with van der Waals surface area (Å²) in [6.45, 7) is 2.16. The number of hydrogen-bond donors (Lipinski definition) is 0. The van der Waals surface area contributed by atoms with E-state index in [0.717, 1.165) is 14.5 Å². The zero-order valence-electron chi connectivity index (χ0n) is 11.4. The van der Waals surface area contributed by atoms with Crippen LogP contribution >= 0.6 is 31.9 Å². The molecular formula is C13H17Br2NO3. The van der Waals surface area contributed by atoms with Crippen LogP contribution in [0.1, 0.15) is 18.5 Å². The molecule has 1 unspecified atom stereocenters. The summed E-state index contributed by atoms with van der Waals surface area (Å²) in [7, 11) is 5.28. The van der Waals surface area contributed by atoms with Crippen molar-refractivity contribution >= 4 is 37.8 Å². The van der Waals surface area contributed by atoms with E-state index in [1.165, 1.54) is 0 Å². The maximum Gasteiger partial charge on any atom is 0.327 e. The van der Waals surface area contributed by atoms with E-state index in [-0.39, 0.29) is 5.97 Å². The summed E-state index contributed by atoms with van der Waals surface area (Å²) in [5, 5.41) is 0. The molecule has 4 nitrogen and oxygen atoms in total. The highest BCUT2D eigenvalue weighted by Gasteiger charge is 2.25. The van der Waals surface area contributed by atoms with Gasteiger partial charge in [0.05, 0.1) is 22.7 Å². The number of halogens is 2. The molecule has 0 aliphatic heterocycles. The lowest BCUT2D eigenvalue weighted by molar-refractivity contribution is -0.148. The van der Waals surface area contributed by atoms with Crippen molar-refractivity contribution in [2.24, 2.45) is 0 Å². The van der Waals surface area contributed by atoms with E-state index in [2.05, 4.69) is 31.9 Å². The molecule has 0 radical (unpaired) electrons. The zero-order valence-corrected chi connectivity index (χ0v) is 14.5. The molecule has 0 aromatic heterocycles. The van der Waals surface area contributed by atoms with Crippen LogP contribution in [-0.4, -0.2) is 38.7 Å². The SMILES string of the molecule is CCOC(=O)C(c1cc(Br)c(OC)c(Br)c1)N(C)C. The summed E-state index contributed by atoms with van der Waals surface area (Å²) in [4.78, 5) is 13.9. The molecule has 0 saturated carbocycles. The average molecular weight is 395 g/mol. The Labute approximate surface area is 130 Å². The second-order valence-corrected chi connectivity index (χ2v) is 5.84. The Morgan fingerprint density at radius 2 is 1.84 bits per heavy atom. The van der Waals surface area contributed by atoms with Crippen LogP contribution in [0.3, 0.4) is 0 Å². The van der Waals surface area contributed by atoms with Gasteiger partial charge in [-0.25, -0.2) is 4.79 Å². The first-order valence-corrected chi connectivity index (χ1v) is 7.37. The van der Waals surface area contributed by atoms with Crippen LogP contribution in [-0.2, 0) is 9.53 Å². The maximum absolute atomic E-state index is 12.0. The highest BCUT2D eigenvalue weighted by Crippen LogP contribution is 2.37. The van der Waals surface area contributed by atoms with Crippen molar-refractivity contribution in [2.45, 2.75) is 13.0 Å². The van der Waals surface area contributed by atoms with Gasteiger partial charge in [0, 0.05) is 0 Å². The van der Waals surface area contributed by atoms with Crippen LogP contribution in [0.2, 0.25) is 0 Å². The van der Waals surface area contributed by atoms with Crippen molar-refractivity contribution in [3.05, 3.63) is 26.6 Å². The Bertz CT molecular complexity index is 440. The van der Waals surface area contributed by atoms with Gasteiger partial charge < -0.3 is 9.47 Å². The average Bonchev–Trinajstić information content (AvgIpc) is 2.28. The molecule has 106 valence electrons. The first kappa shape index (κ1) is 16.5. The smallest absolute Gasteiger partial charge is 0.327 e. The lowest BCUT2D eigenvalue weighted by atomic mass is 10.1. The molecule has 0 aliphatic rings. The molecule has 0 bridgehead atoms. The minimum absolute atomic E-state index is 0.267. The monoisotopic (exact) mass is 393 g/mol. The fourth-order valence-corrected chi connectivity index (χ4v) is 3.34. The molecule has 19 heavy (non-hydrogen) atoms. The lowest BCUT2D eigenvalue weighted by Crippen LogP contribution is -2.29. The first-order valence-electron chi connectivity index (χ1n) is 5.78. The molecule has 1 aromatic carbocycles. The normalized spacial score (nSPS) is 12.4. The summed E-state index contributed by atoms with van der Waals surface area (Å²) >= 11 is 6.88. The molecule has 1 aromatic rings. The predicted molar refractivity (Wildman–Crippen MR) is 81.5 cm³/mol. The molecule has 0 N–H and O–H groups in total. The van der Waals surface area contributed by atoms with Crippen LogP contribution in [0.5, 0.6) is 5.75 Å². The summed E-state index contributed by atoms with van der Waals surface area (Å²) in [6, 6.07) is 3.29. The van der Waals surface area contributed by atoms with Gasteiger partial charge in [0.2, 0.25) is 0 Å². The molecule has 0 heterocycles. The molecule has 6 heteroatoms. The third kappa shape index (κ3) is 3.94. The Morgan fingerprint density at radius 3 is 2.21 bits per heavy atom. The number of likely N-dealkylation sites (N-methyl/N-ethyl adjacent to an activating group) is 1. The second kappa shape index (κ2) is 7.26. The highest BCUT2D eigenvalue weighted by molar-refractivity contribution is 9.11. The number of methoxy groups -OCH3 is 1. The van der Waals surface area contributed by atoms with Gasteiger partial charge in [-0.15, -0.1) is 0 Å². The van der Waals surface area contributed by atoms with E-state index >= 15 is 0 Å². The van der Waals surface area contributed by atoms with Crippen molar-refractivity contribution in [1.29, 1.82) is 0 Å². The van der Waals surface area contributed by atoms with Gasteiger partial charge in [0.25, 0.3) is 0 Å². The van der Waals surface area contributed by atoms with E-state index in [1.54, 1.807) is 14.0 Å². The van der Waals surface area contributed by atoms with Crippen LogP contribution in [0.25, 0.3) is 0 Å². The van der Waals surface area contributed by atoms with Crippen LogP contribution in [0.4, 0.5) is 0 Å². The van der Waals surface area contributed by atoms with Gasteiger partial charge >= 0.3 is 5.97 Å². The zero-order chi connectivity index (χ0) is 14.6. The van der Waals surface area contributed by atoms with Crippen molar-refractivity contribution in [2.75, 3.05) is 27.8 Å². The van der Waals surface area contributed by atoms with Crippen molar-refractivity contribution < 1.29 is 14.3 Å². The van der Waals surface area contributed by atoms with Crippen molar-refractivity contribution in [3.8, 4) is 5.75 Å². The third-order valence-electron chi connectivity index (χ3n) is 2.57. The van der Waals surface area contributed by atoms with Gasteiger partial charge in [-0.1, -0.05) is 0 Å². The van der Waals surface area contributed by atoms with E-state index in [1.807, 2.05) is 31.1 Å². The van der Waals surface area contributed by atoms with Gasteiger partial charge in [0.15, 0.2) is 0 Å². The topological polar surface area (TPSA) is 38.8 Å². The molecule has 1 rings (SSSR count). The largest absolute Gasteiger partial charge is 0.494 e. The van der Waals surface area contributed by atoms with Gasteiger partial charge in [-0.2, -0.15) is 0 Å². The Balaban J connectivity index is 3.21. The maximum atomic E-state index is 12.0. The molecular weight excluding hydrogens is 378 g/mol. The number of esters is 1. The predicted octanol–water partition coefficient (Wildman–Crippen LogP) is 3.39. The summed E-state index contributed by atoms with van der Waals surface area (Å²) in [5.74, 6) is 0.432.